The third kappa shape index (κ3) is 11.7. The molecular formula is C71H78ClN5. The number of nitrogens with zero attached hydrogens (tertiary/aromatic N) is 5. The zero-order chi connectivity index (χ0) is 55.6. The Morgan fingerprint density at radius 1 is 0.455 bits per heavy atom. The molecule has 0 fully saturated rings. The Labute approximate surface area is 465 Å². The van der Waals surface area contributed by atoms with Crippen molar-refractivity contribution in [3.63, 3.8) is 0 Å². The van der Waals surface area contributed by atoms with Gasteiger partial charge in [-0.25, -0.2) is 15.0 Å². The number of fused-ring (bicyclic) bond motifs is 20. The van der Waals surface area contributed by atoms with Crippen molar-refractivity contribution in [1.29, 1.82) is 0 Å². The molecule has 0 unspecified atom stereocenters. The number of benzene rings is 8. The minimum Gasteiger partial charge on any atom is -0.332 e. The summed E-state index contributed by atoms with van der Waals surface area (Å²) in [6.45, 7) is 28.5. The van der Waals surface area contributed by atoms with E-state index < -0.39 is 0 Å². The van der Waals surface area contributed by atoms with Gasteiger partial charge in [-0.15, -0.1) is 11.6 Å². The normalized spacial score (nSPS) is 10.9. The van der Waals surface area contributed by atoms with Crippen LogP contribution in [0.4, 0.5) is 0 Å². The number of hydrogen-bond acceptors (Lipinski definition) is 4. The first-order valence-electron chi connectivity index (χ1n) is 28.3. The zero-order valence-electron chi connectivity index (χ0n) is 48.2. The van der Waals surface area contributed by atoms with Crippen LogP contribution in [0.1, 0.15) is 140 Å². The van der Waals surface area contributed by atoms with Gasteiger partial charge >= 0.3 is 0 Å². The van der Waals surface area contributed by atoms with Crippen LogP contribution < -0.4 is 0 Å². The molecule has 0 amide bonds. The second-order valence-corrected chi connectivity index (χ2v) is 17.5. The number of alkyl halides is 1. The summed E-state index contributed by atoms with van der Waals surface area (Å²) < 4.78 is 2.41. The molecule has 3 aliphatic rings. The highest BCUT2D eigenvalue weighted by Crippen LogP contribution is 2.52. The average molecular weight is 1040 g/mol. The molecule has 0 aliphatic heterocycles. The van der Waals surface area contributed by atoms with E-state index in [1.165, 1.54) is 99.0 Å². The summed E-state index contributed by atoms with van der Waals surface area (Å²) >= 11 is 5.47. The number of aromatic nitrogens is 5. The molecule has 14 rings (SSSR count). The highest BCUT2D eigenvalue weighted by molar-refractivity contribution is 6.26. The maximum absolute atomic E-state index is 5.47. The predicted molar refractivity (Wildman–Crippen MR) is 334 cm³/mol. The minimum atomic E-state index is 0.391. The Bertz CT molecular complexity index is 3610. The van der Waals surface area contributed by atoms with E-state index in [0.717, 1.165) is 36.5 Å². The van der Waals surface area contributed by atoms with Crippen LogP contribution in [0.2, 0.25) is 0 Å². The Kier molecular flexibility index (Phi) is 21.7. The monoisotopic (exact) mass is 1040 g/mol. The Morgan fingerprint density at radius 3 is 1.34 bits per heavy atom. The largest absolute Gasteiger partial charge is 0.332 e. The third-order valence-corrected chi connectivity index (χ3v) is 13.6. The second-order valence-electron chi connectivity index (χ2n) is 17.2. The van der Waals surface area contributed by atoms with Crippen LogP contribution in [-0.4, -0.2) is 24.5 Å². The smallest absolute Gasteiger partial charge is 0.159 e. The van der Waals surface area contributed by atoms with E-state index in [2.05, 4.69) is 182 Å². The summed E-state index contributed by atoms with van der Waals surface area (Å²) in [4.78, 5) is 17.0. The fraction of sp³-hybridized carbons (Fsp3) is 0.268. The van der Waals surface area contributed by atoms with Gasteiger partial charge in [-0.05, 0) is 133 Å². The first kappa shape index (κ1) is 58.6. The van der Waals surface area contributed by atoms with Crippen molar-refractivity contribution in [2.24, 2.45) is 0 Å². The first-order chi connectivity index (χ1) is 38.0. The summed E-state index contributed by atoms with van der Waals surface area (Å²) in [6, 6.07) is 58.0. The van der Waals surface area contributed by atoms with E-state index in [0.29, 0.717) is 18.2 Å². The van der Waals surface area contributed by atoms with Crippen LogP contribution in [0.3, 0.4) is 0 Å². The Balaban J connectivity index is 0.000000188. The number of rotatable bonds is 3. The molecule has 0 N–H and O–H groups in total. The van der Waals surface area contributed by atoms with Gasteiger partial charge in [0.25, 0.3) is 0 Å². The molecule has 0 saturated heterocycles. The van der Waals surface area contributed by atoms with Crippen molar-refractivity contribution in [1.82, 2.24) is 24.5 Å². The number of aryl methyl sites for hydroxylation is 2. The van der Waals surface area contributed by atoms with Crippen molar-refractivity contribution in [3.8, 4) is 33.4 Å². The zero-order valence-corrected chi connectivity index (χ0v) is 48.9. The number of hydrogen-bond donors (Lipinski definition) is 0. The van der Waals surface area contributed by atoms with Crippen LogP contribution in [0.15, 0.2) is 158 Å². The second kappa shape index (κ2) is 28.5. The van der Waals surface area contributed by atoms with Gasteiger partial charge in [-0.2, -0.15) is 4.98 Å². The molecule has 0 radical (unpaired) electrons. The summed E-state index contributed by atoms with van der Waals surface area (Å²) in [5.74, 6) is 1.85. The van der Waals surface area contributed by atoms with Gasteiger partial charge in [-0.1, -0.05) is 223 Å². The van der Waals surface area contributed by atoms with Gasteiger partial charge in [0.05, 0.1) is 23.6 Å². The molecule has 0 saturated carbocycles. The van der Waals surface area contributed by atoms with Crippen molar-refractivity contribution >= 4 is 55.0 Å². The molecule has 6 heteroatoms. The maximum Gasteiger partial charge on any atom is 0.159 e. The van der Waals surface area contributed by atoms with Crippen LogP contribution in [0.5, 0.6) is 0 Å². The molecule has 0 atom stereocenters. The average Bonchev–Trinajstić information content (AvgIpc) is 4.49. The van der Waals surface area contributed by atoms with E-state index in [-0.39, 0.29) is 0 Å². The molecule has 5 nitrogen and oxygen atoms in total. The fourth-order valence-electron chi connectivity index (χ4n) is 10.8. The standard InChI is InChI=1S/C29H19N3.C24H16.C6H7ClN2.6C2H6/c1-18-14-15-30-26(31-18)17-32-25-13-7-6-12-23(25)28-22-11-5-4-10-21(22)27-20-9-3-2-8-19(20)16-24(27)29(28)32;1-3-9-17-15(7-1)13-21-22-14-16-8-2-4-10-18(16)24(22)20-12-6-5-11-19(20)23(17)21;1-5-2-3-8-6(4-7)9-5;6*1-2/h2-13H,16-17H2,1H3;1-12H,13-14H2;2-3H,4H2,1H3;6*1-2H3. The summed E-state index contributed by atoms with van der Waals surface area (Å²) in [7, 11) is 0. The molecule has 3 aromatic heterocycles. The number of halogens is 1. The molecule has 11 aromatic rings. The van der Waals surface area contributed by atoms with Crippen LogP contribution >= 0.6 is 11.6 Å². The lowest BCUT2D eigenvalue weighted by Crippen LogP contribution is -2.05. The van der Waals surface area contributed by atoms with E-state index >= 15 is 0 Å². The Morgan fingerprint density at radius 2 is 0.870 bits per heavy atom. The third-order valence-electron chi connectivity index (χ3n) is 13.4. The van der Waals surface area contributed by atoms with E-state index in [1.54, 1.807) is 17.3 Å². The molecule has 3 aliphatic carbocycles. The lowest BCUT2D eigenvalue weighted by atomic mass is 9.89. The molecular weight excluding hydrogens is 958 g/mol. The van der Waals surface area contributed by atoms with Crippen molar-refractivity contribution in [2.45, 2.75) is 129 Å². The fourth-order valence-corrected chi connectivity index (χ4v) is 10.9. The maximum atomic E-state index is 5.47. The molecule has 8 aromatic carbocycles. The summed E-state index contributed by atoms with van der Waals surface area (Å²) in [6.07, 6.45) is 7.69. The van der Waals surface area contributed by atoms with Gasteiger partial charge in [0.1, 0.15) is 5.82 Å². The van der Waals surface area contributed by atoms with E-state index in [9.17, 15) is 0 Å². The van der Waals surface area contributed by atoms with E-state index in [4.69, 9.17) is 11.6 Å². The predicted octanol–water partition coefficient (Wildman–Crippen LogP) is 19.9. The van der Waals surface area contributed by atoms with Crippen molar-refractivity contribution in [2.75, 3.05) is 0 Å². The van der Waals surface area contributed by atoms with Gasteiger partial charge in [0, 0.05) is 40.8 Å². The van der Waals surface area contributed by atoms with Crippen LogP contribution in [-0.2, 0) is 31.7 Å². The molecule has 394 valence electrons. The molecule has 3 heterocycles. The molecule has 0 bridgehead atoms. The first-order valence-corrected chi connectivity index (χ1v) is 28.8. The highest BCUT2D eigenvalue weighted by atomic mass is 35.5. The van der Waals surface area contributed by atoms with Gasteiger partial charge in [-0.3, -0.25) is 0 Å². The van der Waals surface area contributed by atoms with Gasteiger partial charge in [0.15, 0.2) is 5.82 Å². The molecule has 0 spiro atoms. The Hall–Kier alpha value is -7.65. The summed E-state index contributed by atoms with van der Waals surface area (Å²) in [5, 5.41) is 8.06. The van der Waals surface area contributed by atoms with Gasteiger partial charge in [0.2, 0.25) is 0 Å². The van der Waals surface area contributed by atoms with Crippen LogP contribution in [0, 0.1) is 26.1 Å². The van der Waals surface area contributed by atoms with Crippen molar-refractivity contribution < 1.29 is 0 Å². The lowest BCUT2D eigenvalue weighted by Gasteiger charge is -2.14. The molecule has 77 heavy (non-hydrogen) atoms. The quantitative estimate of drug-likeness (QED) is 0.166. The number of para-hydroxylation sites is 1. The lowest BCUT2D eigenvalue weighted by molar-refractivity contribution is 0.786. The highest BCUT2D eigenvalue weighted by Gasteiger charge is 2.31. The van der Waals surface area contributed by atoms with Crippen LogP contribution in [0.25, 0.3) is 76.7 Å². The van der Waals surface area contributed by atoms with Crippen molar-refractivity contribution in [3.05, 3.63) is 227 Å². The topological polar surface area (TPSA) is 56.5 Å². The SMILES string of the molecule is CC.CC.CC.CC.CC.CC.Cc1c#cnc(Cn2c3ccccc3c3c4ccccc4c4c(c32)Cc2ccccc2-4)n1.Cc1ccnc(CCl)n1.c1ccc2c(c1)Cc1c3c(c4ccccc4c1-2)-c1ccccc1C3. The van der Waals surface area contributed by atoms with E-state index in [1.807, 2.05) is 103 Å². The van der Waals surface area contributed by atoms with Gasteiger partial charge < -0.3 is 4.57 Å². The minimum absolute atomic E-state index is 0.391. The summed E-state index contributed by atoms with van der Waals surface area (Å²) in [5.41, 5.74) is 21.7.